The molecule has 2 rings (SSSR count). The monoisotopic (exact) mass is 466 g/mol. The van der Waals surface area contributed by atoms with Crippen molar-refractivity contribution in [3.8, 4) is 11.5 Å². The van der Waals surface area contributed by atoms with Gasteiger partial charge in [-0.2, -0.15) is 0 Å². The van der Waals surface area contributed by atoms with Crippen molar-refractivity contribution in [2.45, 2.75) is 49.7 Å². The Hall–Kier alpha value is -2.62. The van der Waals surface area contributed by atoms with Crippen LogP contribution in [0.25, 0.3) is 0 Å². The molecular weight excluding hydrogens is 432 g/mol. The fourth-order valence-electron chi connectivity index (χ4n) is 2.90. The molecule has 178 valence electrons. The van der Waals surface area contributed by atoms with Gasteiger partial charge in [-0.15, -0.1) is 0 Å². The Kier molecular flexibility index (Phi) is 11.2. The molecule has 0 spiro atoms. The molecule has 0 bridgehead atoms. The minimum absolute atomic E-state index is 0.0419. The average molecular weight is 467 g/mol. The van der Waals surface area contributed by atoms with Crippen LogP contribution in [0.4, 0.5) is 0 Å². The lowest BCUT2D eigenvalue weighted by atomic mass is 9.99. The molecule has 2 aromatic rings. The van der Waals surface area contributed by atoms with E-state index in [4.69, 9.17) is 15.2 Å². The molecule has 9 heteroatoms. The highest BCUT2D eigenvalue weighted by molar-refractivity contribution is 7.93. The summed E-state index contributed by atoms with van der Waals surface area (Å²) >= 11 is 0. The average Bonchev–Trinajstić information content (AvgIpc) is 2.79. The Morgan fingerprint density at radius 1 is 1.12 bits per heavy atom. The van der Waals surface area contributed by atoms with Crippen LogP contribution in [0.1, 0.15) is 39.2 Å². The van der Waals surface area contributed by atoms with Crippen LogP contribution in [-0.2, 0) is 21.1 Å². The molecule has 0 saturated carbocycles. The summed E-state index contributed by atoms with van der Waals surface area (Å²) in [5.41, 5.74) is 6.95. The molecule has 0 saturated heterocycles. The fraction of sp³-hybridized carbons (Fsp3) is 0.435. The van der Waals surface area contributed by atoms with Crippen LogP contribution in [0.3, 0.4) is 0 Å². The second-order valence-corrected chi connectivity index (χ2v) is 9.66. The maximum absolute atomic E-state index is 13.3. The van der Waals surface area contributed by atoms with Crippen LogP contribution in [0.2, 0.25) is 0 Å². The lowest BCUT2D eigenvalue weighted by Crippen LogP contribution is -2.51. The number of hydrogen-bond acceptors (Lipinski definition) is 7. The minimum atomic E-state index is -4.14. The summed E-state index contributed by atoms with van der Waals surface area (Å²) in [5, 5.41) is 9.23. The van der Waals surface area contributed by atoms with Crippen molar-refractivity contribution in [3.05, 3.63) is 54.1 Å². The van der Waals surface area contributed by atoms with E-state index in [0.29, 0.717) is 23.7 Å². The minimum Gasteiger partial charge on any atom is -0.497 e. The largest absolute Gasteiger partial charge is 0.497 e. The zero-order valence-corrected chi connectivity index (χ0v) is 19.9. The number of nitrogens with two attached hydrogens (primary N) is 1. The zero-order chi connectivity index (χ0) is 24.2. The maximum Gasteiger partial charge on any atom is 0.265 e. The smallest absolute Gasteiger partial charge is 0.265 e. The maximum atomic E-state index is 13.3. The number of rotatable bonds is 10. The SMILES string of the molecule is CCCCOc1cccc(CC(C)(C(=O)NO)S(=O)(=O)c2ccc(OC)cc2)c1.CCN. The van der Waals surface area contributed by atoms with Crippen LogP contribution >= 0.6 is 0 Å². The lowest BCUT2D eigenvalue weighted by molar-refractivity contribution is -0.131. The van der Waals surface area contributed by atoms with Crippen molar-refractivity contribution in [3.63, 3.8) is 0 Å². The highest BCUT2D eigenvalue weighted by Crippen LogP contribution is 2.31. The van der Waals surface area contributed by atoms with E-state index in [9.17, 15) is 18.4 Å². The summed E-state index contributed by atoms with van der Waals surface area (Å²) in [7, 11) is -2.66. The van der Waals surface area contributed by atoms with Gasteiger partial charge in [0.25, 0.3) is 5.91 Å². The molecule has 1 atom stereocenters. The molecule has 0 aliphatic carbocycles. The normalized spacial score (nSPS) is 12.7. The van der Waals surface area contributed by atoms with Crippen molar-refractivity contribution in [2.75, 3.05) is 20.3 Å². The molecule has 1 amide bonds. The van der Waals surface area contributed by atoms with Crippen molar-refractivity contribution in [1.82, 2.24) is 5.48 Å². The standard InChI is InChI=1S/C21H27NO6S.C2H7N/c1-4-5-13-28-18-8-6-7-16(14-18)15-21(2,20(23)22-24)29(25,26)19-11-9-17(27-3)10-12-19;1-2-3/h6-12,14,24H,4-5,13,15H2,1-3H3,(H,22,23);2-3H2,1H3. The summed E-state index contributed by atoms with van der Waals surface area (Å²) in [4.78, 5) is 12.4. The van der Waals surface area contributed by atoms with Crippen molar-refractivity contribution in [1.29, 1.82) is 0 Å². The van der Waals surface area contributed by atoms with E-state index in [1.165, 1.54) is 43.8 Å². The predicted octanol–water partition coefficient (Wildman–Crippen LogP) is 3.12. The first-order chi connectivity index (χ1) is 15.2. The second-order valence-electron chi connectivity index (χ2n) is 7.29. The summed E-state index contributed by atoms with van der Waals surface area (Å²) in [6.45, 7) is 6.56. The number of nitrogens with one attached hydrogen (secondary N) is 1. The van der Waals surface area contributed by atoms with Gasteiger partial charge in [-0.3, -0.25) is 10.0 Å². The van der Waals surface area contributed by atoms with Crippen molar-refractivity contribution >= 4 is 15.7 Å². The van der Waals surface area contributed by atoms with Gasteiger partial charge in [-0.25, -0.2) is 13.9 Å². The number of benzene rings is 2. The van der Waals surface area contributed by atoms with Crippen LogP contribution in [-0.4, -0.2) is 44.5 Å². The van der Waals surface area contributed by atoms with E-state index in [2.05, 4.69) is 6.92 Å². The quantitative estimate of drug-likeness (QED) is 0.279. The summed E-state index contributed by atoms with van der Waals surface area (Å²) < 4.78 is 35.4. The van der Waals surface area contributed by atoms with Gasteiger partial charge in [0.05, 0.1) is 18.6 Å². The fourth-order valence-corrected chi connectivity index (χ4v) is 4.56. The third-order valence-electron chi connectivity index (χ3n) is 4.75. The molecule has 0 aliphatic rings. The van der Waals surface area contributed by atoms with Gasteiger partial charge in [-0.05, 0) is 61.9 Å². The van der Waals surface area contributed by atoms with Crippen LogP contribution in [0, 0.1) is 0 Å². The van der Waals surface area contributed by atoms with Gasteiger partial charge in [0.15, 0.2) is 14.6 Å². The van der Waals surface area contributed by atoms with Gasteiger partial charge in [0.1, 0.15) is 11.5 Å². The van der Waals surface area contributed by atoms with E-state index in [0.717, 1.165) is 19.4 Å². The summed E-state index contributed by atoms with van der Waals surface area (Å²) in [6.07, 6.45) is 1.76. The first-order valence-corrected chi connectivity index (χ1v) is 11.9. The zero-order valence-electron chi connectivity index (χ0n) is 19.1. The number of carbonyl (C=O) groups excluding carboxylic acids is 1. The van der Waals surface area contributed by atoms with E-state index >= 15 is 0 Å². The van der Waals surface area contributed by atoms with E-state index in [1.54, 1.807) is 24.3 Å². The Bertz CT molecular complexity index is 947. The molecular formula is C23H34N2O6S. The third-order valence-corrected chi connectivity index (χ3v) is 7.16. The number of methoxy groups -OCH3 is 1. The van der Waals surface area contributed by atoms with Crippen LogP contribution < -0.4 is 20.7 Å². The van der Waals surface area contributed by atoms with Gasteiger partial charge in [-0.1, -0.05) is 32.4 Å². The highest BCUT2D eigenvalue weighted by atomic mass is 32.2. The Balaban J connectivity index is 0.00000161. The van der Waals surface area contributed by atoms with Crippen molar-refractivity contribution < 1.29 is 27.9 Å². The number of carbonyl (C=O) groups is 1. The van der Waals surface area contributed by atoms with E-state index in [-0.39, 0.29) is 11.3 Å². The van der Waals surface area contributed by atoms with Gasteiger partial charge < -0.3 is 15.2 Å². The summed E-state index contributed by atoms with van der Waals surface area (Å²) in [6, 6.07) is 12.7. The Morgan fingerprint density at radius 3 is 2.28 bits per heavy atom. The summed E-state index contributed by atoms with van der Waals surface area (Å²) in [5.74, 6) is 0.0874. The third kappa shape index (κ3) is 6.94. The molecule has 32 heavy (non-hydrogen) atoms. The molecule has 4 N–H and O–H groups in total. The lowest BCUT2D eigenvalue weighted by Gasteiger charge is -2.27. The topological polar surface area (TPSA) is 128 Å². The first-order valence-electron chi connectivity index (χ1n) is 10.4. The number of hydroxylamine groups is 1. The number of ether oxygens (including phenoxy) is 2. The van der Waals surface area contributed by atoms with Crippen molar-refractivity contribution in [2.24, 2.45) is 5.73 Å². The number of sulfone groups is 1. The number of unbranched alkanes of at least 4 members (excludes halogenated alkanes) is 1. The first kappa shape index (κ1) is 27.4. The molecule has 0 aliphatic heterocycles. The van der Waals surface area contributed by atoms with E-state index in [1.807, 2.05) is 6.92 Å². The molecule has 2 aromatic carbocycles. The molecule has 1 unspecified atom stereocenters. The number of amides is 1. The Labute approximate surface area is 190 Å². The van der Waals surface area contributed by atoms with Gasteiger partial charge >= 0.3 is 0 Å². The molecule has 0 heterocycles. The highest BCUT2D eigenvalue weighted by Gasteiger charge is 2.47. The van der Waals surface area contributed by atoms with Crippen LogP contribution in [0.5, 0.6) is 11.5 Å². The predicted molar refractivity (Wildman–Crippen MR) is 124 cm³/mol. The second kappa shape index (κ2) is 13.0. The number of hydrogen-bond donors (Lipinski definition) is 3. The van der Waals surface area contributed by atoms with Gasteiger partial charge in [0, 0.05) is 6.42 Å². The van der Waals surface area contributed by atoms with Gasteiger partial charge in [0.2, 0.25) is 0 Å². The van der Waals surface area contributed by atoms with Crippen LogP contribution in [0.15, 0.2) is 53.4 Å². The molecule has 8 nitrogen and oxygen atoms in total. The molecule has 0 aromatic heterocycles. The van der Waals surface area contributed by atoms with E-state index < -0.39 is 20.5 Å². The molecule has 0 fully saturated rings. The molecule has 0 radical (unpaired) electrons. The Morgan fingerprint density at radius 2 is 1.75 bits per heavy atom.